The van der Waals surface area contributed by atoms with Crippen molar-refractivity contribution in [2.24, 2.45) is 0 Å². The number of carbonyl (C=O) groups is 3. The molecule has 0 saturated carbocycles. The number of amides is 2. The molecule has 13 heteroatoms. The summed E-state index contributed by atoms with van der Waals surface area (Å²) in [5, 5.41) is 11.2. The van der Waals surface area contributed by atoms with Gasteiger partial charge in [0.25, 0.3) is 0 Å². The number of nitrogens with zero attached hydrogens (tertiary/aromatic N) is 2. The number of hydrogen-bond donors (Lipinski definition) is 3. The van der Waals surface area contributed by atoms with Gasteiger partial charge in [-0.05, 0) is 56.5 Å². The van der Waals surface area contributed by atoms with Crippen LogP contribution < -0.4 is 10.1 Å². The number of H-pyrrole nitrogens is 1. The topological polar surface area (TPSA) is 124 Å². The van der Waals surface area contributed by atoms with Crippen LogP contribution >= 0.6 is 0 Å². The zero-order valence-corrected chi connectivity index (χ0v) is 24.0. The van der Waals surface area contributed by atoms with Gasteiger partial charge in [0.15, 0.2) is 0 Å². The predicted molar refractivity (Wildman–Crippen MR) is 152 cm³/mol. The molecule has 2 aliphatic heterocycles. The number of esters is 1. The number of halogens is 3. The largest absolute Gasteiger partial charge is 0.492 e. The molecule has 1 atom stereocenters. The van der Waals surface area contributed by atoms with Gasteiger partial charge in [0.2, 0.25) is 0 Å². The third-order valence-electron chi connectivity index (χ3n) is 7.55. The lowest BCUT2D eigenvalue weighted by molar-refractivity contribution is -0.192. The van der Waals surface area contributed by atoms with Crippen LogP contribution in [0, 0.1) is 6.92 Å². The summed E-state index contributed by atoms with van der Waals surface area (Å²) in [5.74, 6) is -2.32. The Morgan fingerprint density at radius 3 is 2.51 bits per heavy atom. The van der Waals surface area contributed by atoms with Crippen LogP contribution in [0.2, 0.25) is 0 Å². The highest BCUT2D eigenvalue weighted by molar-refractivity contribution is 5.88. The average Bonchev–Trinajstić information content (AvgIpc) is 3.55. The summed E-state index contributed by atoms with van der Waals surface area (Å²) in [6.07, 6.45) is -3.51. The average molecular weight is 605 g/mol. The first-order chi connectivity index (χ1) is 20.4. The Morgan fingerprint density at radius 1 is 1.12 bits per heavy atom. The van der Waals surface area contributed by atoms with Crippen LogP contribution in [0.3, 0.4) is 0 Å². The van der Waals surface area contributed by atoms with Gasteiger partial charge in [-0.1, -0.05) is 29.8 Å². The van der Waals surface area contributed by atoms with Crippen LogP contribution in [0.15, 0.2) is 48.5 Å². The molecule has 1 saturated heterocycles. The highest BCUT2D eigenvalue weighted by atomic mass is 19.4. The number of hydrogen-bond acceptors (Lipinski definition) is 6. The molecule has 2 aliphatic rings. The van der Waals surface area contributed by atoms with Crippen molar-refractivity contribution in [2.45, 2.75) is 38.4 Å². The number of para-hydroxylation sites is 1. The van der Waals surface area contributed by atoms with E-state index in [0.717, 1.165) is 42.9 Å². The minimum Gasteiger partial charge on any atom is -0.492 e. The summed E-state index contributed by atoms with van der Waals surface area (Å²) in [6.45, 7) is 7.52. The van der Waals surface area contributed by atoms with E-state index in [9.17, 15) is 22.8 Å². The van der Waals surface area contributed by atoms with Crippen LogP contribution in [0.1, 0.15) is 30.2 Å². The van der Waals surface area contributed by atoms with Crippen LogP contribution in [-0.4, -0.2) is 90.0 Å². The molecule has 0 bridgehead atoms. The fourth-order valence-corrected chi connectivity index (χ4v) is 5.64. The van der Waals surface area contributed by atoms with Crippen LogP contribution in [0.4, 0.5) is 18.0 Å². The molecule has 1 spiro atoms. The van der Waals surface area contributed by atoms with Crippen molar-refractivity contribution in [2.75, 3.05) is 45.9 Å². The summed E-state index contributed by atoms with van der Waals surface area (Å²) in [7, 11) is 0. The number of aliphatic carboxylic acids is 1. The monoisotopic (exact) mass is 604 g/mol. The lowest BCUT2D eigenvalue weighted by atomic mass is 9.84. The SMILES string of the molecule is CCOC(=O)CNC(=O)N1CCc2c([nH]c3ccc(C)cc23)C12CCN(CCOc1ccccc1)C2.O=C(O)C(F)(F)F. The van der Waals surface area contributed by atoms with Crippen LogP contribution in [0.25, 0.3) is 10.9 Å². The zero-order valence-electron chi connectivity index (χ0n) is 24.0. The van der Waals surface area contributed by atoms with Gasteiger partial charge in [-0.2, -0.15) is 13.2 Å². The quantitative estimate of drug-likeness (QED) is 0.345. The standard InChI is InChI=1S/C28H34N4O4.C2HF3O2/c1-3-35-25(33)18-29-27(34)32-13-11-22-23-17-20(2)9-10-24(23)30-26(22)28(32)12-14-31(19-28)15-16-36-21-7-5-4-6-8-21;3-2(4,5)1(6)7/h4-10,17,30H,3,11-16,18-19H2,1-2H3,(H,29,34);(H,6,7). The summed E-state index contributed by atoms with van der Waals surface area (Å²) < 4.78 is 42.7. The van der Waals surface area contributed by atoms with E-state index in [0.29, 0.717) is 26.3 Å². The molecule has 2 aromatic carbocycles. The molecule has 1 aromatic heterocycles. The molecular weight excluding hydrogens is 569 g/mol. The molecule has 5 rings (SSSR count). The molecule has 0 aliphatic carbocycles. The van der Waals surface area contributed by atoms with Crippen LogP contribution in [-0.2, 0) is 26.3 Å². The van der Waals surface area contributed by atoms with Crippen molar-refractivity contribution in [3.8, 4) is 5.75 Å². The van der Waals surface area contributed by atoms with Crippen molar-refractivity contribution in [3.05, 3.63) is 65.4 Å². The summed E-state index contributed by atoms with van der Waals surface area (Å²) in [5.41, 5.74) is 4.24. The zero-order chi connectivity index (χ0) is 31.2. The first kappa shape index (κ1) is 31.7. The number of benzene rings is 2. The molecule has 2 amide bonds. The van der Waals surface area contributed by atoms with E-state index in [1.807, 2.05) is 35.2 Å². The third kappa shape index (κ3) is 7.39. The van der Waals surface area contributed by atoms with Gasteiger partial charge in [0.1, 0.15) is 18.9 Å². The second kappa shape index (κ2) is 13.4. The van der Waals surface area contributed by atoms with Crippen LogP contribution in [0.5, 0.6) is 5.75 Å². The van der Waals surface area contributed by atoms with Gasteiger partial charge in [0, 0.05) is 42.8 Å². The number of carbonyl (C=O) groups excluding carboxylic acids is 2. The second-order valence-corrected chi connectivity index (χ2v) is 10.4. The number of aryl methyl sites for hydroxylation is 1. The minimum atomic E-state index is -5.08. The van der Waals surface area contributed by atoms with E-state index in [1.54, 1.807) is 6.92 Å². The number of nitrogens with one attached hydrogen (secondary N) is 2. The van der Waals surface area contributed by atoms with Gasteiger partial charge in [-0.3, -0.25) is 9.69 Å². The van der Waals surface area contributed by atoms with Crippen molar-refractivity contribution in [1.82, 2.24) is 20.1 Å². The molecule has 3 heterocycles. The first-order valence-electron chi connectivity index (χ1n) is 14.0. The fraction of sp³-hybridized carbons (Fsp3) is 0.433. The molecule has 232 valence electrons. The Balaban J connectivity index is 0.000000541. The molecule has 10 nitrogen and oxygen atoms in total. The molecule has 3 aromatic rings. The molecule has 0 radical (unpaired) electrons. The summed E-state index contributed by atoms with van der Waals surface area (Å²) in [6, 6.07) is 16.1. The molecule has 3 N–H and O–H groups in total. The van der Waals surface area contributed by atoms with Crippen molar-refractivity contribution >= 4 is 28.9 Å². The maximum atomic E-state index is 13.4. The maximum absolute atomic E-state index is 13.4. The van der Waals surface area contributed by atoms with Gasteiger partial charge in [-0.15, -0.1) is 0 Å². The number of likely N-dealkylation sites (tertiary alicyclic amines) is 1. The Hall–Kier alpha value is -4.26. The van der Waals surface area contributed by atoms with E-state index in [2.05, 4.69) is 40.3 Å². The highest BCUT2D eigenvalue weighted by Crippen LogP contribution is 2.44. The number of ether oxygens (including phenoxy) is 2. The maximum Gasteiger partial charge on any atom is 0.490 e. The number of fused-ring (bicyclic) bond motifs is 4. The smallest absolute Gasteiger partial charge is 0.490 e. The van der Waals surface area contributed by atoms with E-state index >= 15 is 0 Å². The van der Waals surface area contributed by atoms with Gasteiger partial charge < -0.3 is 29.8 Å². The van der Waals surface area contributed by atoms with E-state index in [1.165, 1.54) is 16.5 Å². The Labute approximate surface area is 246 Å². The van der Waals surface area contributed by atoms with Gasteiger partial charge in [-0.25, -0.2) is 9.59 Å². The molecule has 1 unspecified atom stereocenters. The first-order valence-corrected chi connectivity index (χ1v) is 14.0. The predicted octanol–water partition coefficient (Wildman–Crippen LogP) is 4.22. The molecule has 43 heavy (non-hydrogen) atoms. The Morgan fingerprint density at radius 2 is 1.84 bits per heavy atom. The number of aromatic nitrogens is 1. The number of rotatable bonds is 7. The number of aromatic amines is 1. The summed E-state index contributed by atoms with van der Waals surface area (Å²) in [4.78, 5) is 42.2. The van der Waals surface area contributed by atoms with E-state index < -0.39 is 23.7 Å². The Bertz CT molecular complexity index is 1440. The summed E-state index contributed by atoms with van der Waals surface area (Å²) >= 11 is 0. The number of urea groups is 1. The minimum absolute atomic E-state index is 0.132. The highest BCUT2D eigenvalue weighted by Gasteiger charge is 2.51. The Kier molecular flexibility index (Phi) is 9.84. The third-order valence-corrected chi connectivity index (χ3v) is 7.55. The van der Waals surface area contributed by atoms with E-state index in [4.69, 9.17) is 19.4 Å². The van der Waals surface area contributed by atoms with Crippen molar-refractivity contribution in [3.63, 3.8) is 0 Å². The number of carboxylic acids is 1. The normalized spacial score (nSPS) is 18.1. The molecule has 1 fully saturated rings. The molecular formula is C30H35F3N4O6. The second-order valence-electron chi connectivity index (χ2n) is 10.4. The fourth-order valence-electron chi connectivity index (χ4n) is 5.64. The van der Waals surface area contributed by atoms with Crippen molar-refractivity contribution < 1.29 is 42.1 Å². The number of carboxylic acid groups (broad SMARTS) is 1. The number of alkyl halides is 3. The lowest BCUT2D eigenvalue weighted by Crippen LogP contribution is -2.58. The van der Waals surface area contributed by atoms with Crippen molar-refractivity contribution in [1.29, 1.82) is 0 Å². The van der Waals surface area contributed by atoms with E-state index in [-0.39, 0.29) is 12.6 Å². The lowest BCUT2D eigenvalue weighted by Gasteiger charge is -2.44. The van der Waals surface area contributed by atoms with Gasteiger partial charge in [0.05, 0.1) is 12.1 Å². The van der Waals surface area contributed by atoms with Gasteiger partial charge >= 0.3 is 24.1 Å².